The SMILES string of the molecule is Cc1cc(C)n(-c2ccc(CNC(=O)CCc3nc(-c4ccc(C(C)C)cc4)no3)cn2)n1. The molecule has 0 saturated carbocycles. The lowest BCUT2D eigenvalue weighted by Gasteiger charge is -2.06. The topological polar surface area (TPSA) is 98.7 Å². The fourth-order valence-corrected chi connectivity index (χ4v) is 3.51. The van der Waals surface area contributed by atoms with E-state index in [-0.39, 0.29) is 12.3 Å². The highest BCUT2D eigenvalue weighted by molar-refractivity contribution is 5.76. The van der Waals surface area contributed by atoms with Gasteiger partial charge >= 0.3 is 0 Å². The van der Waals surface area contributed by atoms with Crippen LogP contribution in [0.5, 0.6) is 0 Å². The zero-order valence-corrected chi connectivity index (χ0v) is 19.4. The lowest BCUT2D eigenvalue weighted by atomic mass is 10.0. The Labute approximate surface area is 193 Å². The molecule has 0 aliphatic rings. The van der Waals surface area contributed by atoms with Gasteiger partial charge in [0.05, 0.1) is 5.69 Å². The van der Waals surface area contributed by atoms with Crippen LogP contribution < -0.4 is 5.32 Å². The Balaban J connectivity index is 1.26. The molecule has 0 aliphatic heterocycles. The van der Waals surface area contributed by atoms with Crippen LogP contribution in [0.1, 0.15) is 54.6 Å². The van der Waals surface area contributed by atoms with Crippen LogP contribution in [0.15, 0.2) is 53.2 Å². The van der Waals surface area contributed by atoms with E-state index < -0.39 is 0 Å². The van der Waals surface area contributed by atoms with Gasteiger partial charge in [-0.3, -0.25) is 4.79 Å². The molecular weight excluding hydrogens is 416 g/mol. The van der Waals surface area contributed by atoms with Crippen molar-refractivity contribution in [2.75, 3.05) is 0 Å². The smallest absolute Gasteiger partial charge is 0.227 e. The van der Waals surface area contributed by atoms with Crippen molar-refractivity contribution >= 4 is 5.91 Å². The highest BCUT2D eigenvalue weighted by Gasteiger charge is 2.12. The van der Waals surface area contributed by atoms with Crippen LogP contribution in [0.3, 0.4) is 0 Å². The molecule has 0 bridgehead atoms. The fourth-order valence-electron chi connectivity index (χ4n) is 3.51. The van der Waals surface area contributed by atoms with Crippen molar-refractivity contribution in [1.82, 2.24) is 30.2 Å². The molecule has 8 nitrogen and oxygen atoms in total. The molecule has 0 unspecified atom stereocenters. The molecule has 3 aromatic heterocycles. The summed E-state index contributed by atoms with van der Waals surface area (Å²) in [5.74, 6) is 2.12. The van der Waals surface area contributed by atoms with Crippen molar-refractivity contribution in [3.63, 3.8) is 0 Å². The van der Waals surface area contributed by atoms with Crippen LogP contribution in [-0.4, -0.2) is 30.8 Å². The molecule has 4 rings (SSSR count). The van der Waals surface area contributed by atoms with Crippen LogP contribution in [0, 0.1) is 13.8 Å². The summed E-state index contributed by atoms with van der Waals surface area (Å²) in [5.41, 5.74) is 5.05. The minimum absolute atomic E-state index is 0.0846. The average Bonchev–Trinajstić information content (AvgIpc) is 3.42. The minimum atomic E-state index is -0.0846. The summed E-state index contributed by atoms with van der Waals surface area (Å²) in [4.78, 5) is 21.1. The molecule has 1 amide bonds. The van der Waals surface area contributed by atoms with E-state index in [1.807, 2.05) is 44.2 Å². The molecular formula is C25H28N6O2. The second-order valence-electron chi connectivity index (χ2n) is 8.43. The maximum atomic E-state index is 12.3. The number of carbonyl (C=O) groups is 1. The summed E-state index contributed by atoms with van der Waals surface area (Å²) in [5, 5.41) is 11.4. The standard InChI is InChI=1S/C25H28N6O2/c1-16(2)20-6-8-21(9-7-20)25-28-24(33-30-25)12-11-23(32)27-15-19-5-10-22(26-14-19)31-18(4)13-17(3)29-31/h5-10,13-14,16H,11-12,15H2,1-4H3,(H,27,32). The number of hydrogen-bond acceptors (Lipinski definition) is 6. The van der Waals surface area contributed by atoms with Gasteiger partial charge < -0.3 is 9.84 Å². The van der Waals surface area contributed by atoms with Crippen LogP contribution in [-0.2, 0) is 17.8 Å². The summed E-state index contributed by atoms with van der Waals surface area (Å²) in [6.07, 6.45) is 2.41. The number of nitrogens with one attached hydrogen (secondary N) is 1. The number of aryl methyl sites for hydroxylation is 3. The monoisotopic (exact) mass is 444 g/mol. The van der Waals surface area contributed by atoms with Crippen molar-refractivity contribution in [2.24, 2.45) is 0 Å². The normalized spacial score (nSPS) is 11.2. The van der Waals surface area contributed by atoms with Crippen molar-refractivity contribution in [3.8, 4) is 17.2 Å². The predicted molar refractivity (Wildman–Crippen MR) is 125 cm³/mol. The first-order valence-electron chi connectivity index (χ1n) is 11.1. The van der Waals surface area contributed by atoms with Crippen molar-refractivity contribution in [1.29, 1.82) is 0 Å². The summed E-state index contributed by atoms with van der Waals surface area (Å²) in [6, 6.07) is 14.0. The molecule has 8 heteroatoms. The number of amides is 1. The number of pyridine rings is 1. The Morgan fingerprint density at radius 3 is 2.55 bits per heavy atom. The third-order valence-corrected chi connectivity index (χ3v) is 5.39. The number of hydrogen-bond donors (Lipinski definition) is 1. The zero-order valence-electron chi connectivity index (χ0n) is 19.4. The molecule has 0 radical (unpaired) electrons. The second kappa shape index (κ2) is 9.77. The molecule has 1 N–H and O–H groups in total. The molecule has 170 valence electrons. The fraction of sp³-hybridized carbons (Fsp3) is 0.320. The minimum Gasteiger partial charge on any atom is -0.352 e. The van der Waals surface area contributed by atoms with Crippen LogP contribution in [0.4, 0.5) is 0 Å². The summed E-state index contributed by atoms with van der Waals surface area (Å²) in [6.45, 7) is 8.65. The second-order valence-corrected chi connectivity index (χ2v) is 8.43. The summed E-state index contributed by atoms with van der Waals surface area (Å²) < 4.78 is 7.12. The molecule has 0 spiro atoms. The number of benzene rings is 1. The quantitative estimate of drug-likeness (QED) is 0.435. The number of rotatable bonds is 8. The molecule has 4 aromatic rings. The molecule has 0 atom stereocenters. The van der Waals surface area contributed by atoms with Crippen LogP contribution in [0.2, 0.25) is 0 Å². The highest BCUT2D eigenvalue weighted by Crippen LogP contribution is 2.20. The molecule has 3 heterocycles. The molecule has 0 fully saturated rings. The van der Waals surface area contributed by atoms with E-state index in [0.717, 1.165) is 28.3 Å². The van der Waals surface area contributed by atoms with Crippen molar-refractivity contribution < 1.29 is 9.32 Å². The van der Waals surface area contributed by atoms with Gasteiger partial charge in [0.2, 0.25) is 17.6 Å². The first-order valence-corrected chi connectivity index (χ1v) is 11.1. The van der Waals surface area contributed by atoms with Gasteiger partial charge in [-0.2, -0.15) is 10.1 Å². The maximum Gasteiger partial charge on any atom is 0.227 e. The number of carbonyl (C=O) groups excluding carboxylic acids is 1. The Kier molecular flexibility index (Phi) is 6.63. The molecule has 0 saturated heterocycles. The van der Waals surface area contributed by atoms with Crippen LogP contribution in [0.25, 0.3) is 17.2 Å². The first-order chi connectivity index (χ1) is 15.9. The average molecular weight is 445 g/mol. The summed E-state index contributed by atoms with van der Waals surface area (Å²) in [7, 11) is 0. The van der Waals surface area contributed by atoms with Gasteiger partial charge in [0, 0.05) is 36.8 Å². The lowest BCUT2D eigenvalue weighted by Crippen LogP contribution is -2.23. The zero-order chi connectivity index (χ0) is 23.4. The largest absolute Gasteiger partial charge is 0.352 e. The lowest BCUT2D eigenvalue weighted by molar-refractivity contribution is -0.121. The third-order valence-electron chi connectivity index (χ3n) is 5.39. The first kappa shape index (κ1) is 22.4. The molecule has 33 heavy (non-hydrogen) atoms. The third kappa shape index (κ3) is 5.52. The number of aromatic nitrogens is 5. The number of nitrogens with zero attached hydrogens (tertiary/aromatic N) is 5. The van der Waals surface area contributed by atoms with E-state index in [1.165, 1.54) is 5.56 Å². The van der Waals surface area contributed by atoms with E-state index in [0.29, 0.717) is 30.6 Å². The van der Waals surface area contributed by atoms with Crippen molar-refractivity contribution in [2.45, 2.75) is 53.0 Å². The Hall–Kier alpha value is -3.81. The van der Waals surface area contributed by atoms with Gasteiger partial charge in [-0.15, -0.1) is 0 Å². The van der Waals surface area contributed by atoms with Gasteiger partial charge in [-0.25, -0.2) is 9.67 Å². The van der Waals surface area contributed by atoms with Gasteiger partial charge in [0.15, 0.2) is 5.82 Å². The predicted octanol–water partition coefficient (Wildman–Crippen LogP) is 4.31. The van der Waals surface area contributed by atoms with Gasteiger partial charge in [-0.1, -0.05) is 49.3 Å². The Morgan fingerprint density at radius 2 is 1.91 bits per heavy atom. The van der Waals surface area contributed by atoms with E-state index in [9.17, 15) is 4.79 Å². The summed E-state index contributed by atoms with van der Waals surface area (Å²) >= 11 is 0. The van der Waals surface area contributed by atoms with E-state index >= 15 is 0 Å². The van der Waals surface area contributed by atoms with Gasteiger partial charge in [-0.05, 0) is 43.0 Å². The van der Waals surface area contributed by atoms with E-state index in [4.69, 9.17) is 4.52 Å². The molecule has 1 aromatic carbocycles. The van der Waals surface area contributed by atoms with Crippen LogP contribution >= 0.6 is 0 Å². The maximum absolute atomic E-state index is 12.3. The molecule has 0 aliphatic carbocycles. The highest BCUT2D eigenvalue weighted by atomic mass is 16.5. The van der Waals surface area contributed by atoms with Crippen molar-refractivity contribution in [3.05, 3.63) is 77.1 Å². The van der Waals surface area contributed by atoms with Gasteiger partial charge in [0.25, 0.3) is 0 Å². The van der Waals surface area contributed by atoms with Gasteiger partial charge in [0.1, 0.15) is 0 Å². The van der Waals surface area contributed by atoms with E-state index in [1.54, 1.807) is 10.9 Å². The van der Waals surface area contributed by atoms with E-state index in [2.05, 4.69) is 51.5 Å². The Bertz CT molecular complexity index is 1220. The Morgan fingerprint density at radius 1 is 1.12 bits per heavy atom.